The van der Waals surface area contributed by atoms with E-state index < -0.39 is 10.9 Å². The lowest BCUT2D eigenvalue weighted by Crippen LogP contribution is -2.09. The van der Waals surface area contributed by atoms with Crippen molar-refractivity contribution in [2.75, 3.05) is 7.11 Å². The van der Waals surface area contributed by atoms with E-state index in [4.69, 9.17) is 25.8 Å². The van der Waals surface area contributed by atoms with E-state index in [9.17, 15) is 19.7 Å². The highest BCUT2D eigenvalue weighted by atomic mass is 127. The molecule has 0 spiro atoms. The molecule has 0 radical (unpaired) electrons. The van der Waals surface area contributed by atoms with Gasteiger partial charge in [-0.15, -0.1) is 0 Å². The summed E-state index contributed by atoms with van der Waals surface area (Å²) in [7, 11) is 1.44. The third-order valence-corrected chi connectivity index (χ3v) is 5.36. The van der Waals surface area contributed by atoms with Gasteiger partial charge in [0.15, 0.2) is 17.2 Å². The average molecular weight is 571 g/mol. The van der Waals surface area contributed by atoms with Crippen LogP contribution in [0.1, 0.15) is 30.9 Å². The molecular formula is C21H16ClIN2O7. The van der Waals surface area contributed by atoms with Gasteiger partial charge in [-0.05, 0) is 64.9 Å². The van der Waals surface area contributed by atoms with E-state index in [1.807, 2.05) is 29.5 Å². The maximum Gasteiger partial charge on any atom is 0.363 e. The molecule has 1 aliphatic heterocycles. The van der Waals surface area contributed by atoms with Crippen molar-refractivity contribution < 1.29 is 28.7 Å². The molecule has 0 saturated carbocycles. The molecule has 2 aromatic carbocycles. The first-order valence-electron chi connectivity index (χ1n) is 9.28. The summed E-state index contributed by atoms with van der Waals surface area (Å²) in [5, 5.41) is 11.1. The summed E-state index contributed by atoms with van der Waals surface area (Å²) in [5.41, 5.74) is 0.461. The Morgan fingerprint density at radius 3 is 2.75 bits per heavy atom. The van der Waals surface area contributed by atoms with Gasteiger partial charge in [0.05, 0.1) is 15.6 Å². The summed E-state index contributed by atoms with van der Waals surface area (Å²) in [4.78, 5) is 38.8. The molecule has 0 fully saturated rings. The standard InChI is InChI=1S/C21H16ClIN2O7/c1-3-4-18(26)31-19-14(23)7-11(9-17(19)30-2)8-15-21(27)32-20(24-15)12-5-6-13(22)16(10-12)25(28)29/h5-10H,3-4H2,1-2H3/b15-8-. The second kappa shape index (κ2) is 10.1. The van der Waals surface area contributed by atoms with Crippen molar-refractivity contribution in [3.8, 4) is 11.5 Å². The van der Waals surface area contributed by atoms with Gasteiger partial charge in [0.2, 0.25) is 5.90 Å². The number of carbonyl (C=O) groups is 2. The van der Waals surface area contributed by atoms with Crippen LogP contribution in [0.3, 0.4) is 0 Å². The van der Waals surface area contributed by atoms with E-state index in [1.54, 1.807) is 12.1 Å². The van der Waals surface area contributed by atoms with Crippen LogP contribution in [-0.2, 0) is 14.3 Å². The minimum absolute atomic E-state index is 0.00816. The fourth-order valence-electron chi connectivity index (χ4n) is 2.77. The van der Waals surface area contributed by atoms with Crippen LogP contribution in [0.15, 0.2) is 41.0 Å². The van der Waals surface area contributed by atoms with E-state index in [2.05, 4.69) is 4.99 Å². The normalized spacial score (nSPS) is 14.2. The van der Waals surface area contributed by atoms with Crippen molar-refractivity contribution in [3.63, 3.8) is 0 Å². The monoisotopic (exact) mass is 570 g/mol. The molecule has 0 atom stereocenters. The van der Waals surface area contributed by atoms with Crippen LogP contribution in [0, 0.1) is 13.7 Å². The lowest BCUT2D eigenvalue weighted by molar-refractivity contribution is -0.384. The summed E-state index contributed by atoms with van der Waals surface area (Å²) >= 11 is 7.82. The van der Waals surface area contributed by atoms with Crippen LogP contribution in [0.25, 0.3) is 6.08 Å². The van der Waals surface area contributed by atoms with Crippen molar-refractivity contribution >= 4 is 63.8 Å². The van der Waals surface area contributed by atoms with Crippen LogP contribution >= 0.6 is 34.2 Å². The molecule has 0 bridgehead atoms. The minimum Gasteiger partial charge on any atom is -0.493 e. The van der Waals surface area contributed by atoms with Crippen LogP contribution in [0.2, 0.25) is 5.02 Å². The zero-order valence-electron chi connectivity index (χ0n) is 16.9. The van der Waals surface area contributed by atoms with Gasteiger partial charge in [-0.3, -0.25) is 14.9 Å². The van der Waals surface area contributed by atoms with Gasteiger partial charge in [-0.1, -0.05) is 18.5 Å². The molecule has 32 heavy (non-hydrogen) atoms. The third kappa shape index (κ3) is 5.25. The average Bonchev–Trinajstić information content (AvgIpc) is 3.10. The van der Waals surface area contributed by atoms with Gasteiger partial charge in [0.1, 0.15) is 5.02 Å². The summed E-state index contributed by atoms with van der Waals surface area (Å²) < 4.78 is 16.5. The smallest absolute Gasteiger partial charge is 0.363 e. The summed E-state index contributed by atoms with van der Waals surface area (Å²) in [6.07, 6.45) is 2.40. The molecule has 0 N–H and O–H groups in total. The molecule has 166 valence electrons. The number of hydrogen-bond acceptors (Lipinski definition) is 8. The maximum atomic E-state index is 12.3. The van der Waals surface area contributed by atoms with Crippen LogP contribution in [-0.4, -0.2) is 29.9 Å². The lowest BCUT2D eigenvalue weighted by Gasteiger charge is -2.12. The number of cyclic esters (lactones) is 1. The van der Waals surface area contributed by atoms with E-state index >= 15 is 0 Å². The van der Waals surface area contributed by atoms with E-state index in [-0.39, 0.29) is 40.3 Å². The largest absolute Gasteiger partial charge is 0.493 e. The quantitative estimate of drug-likeness (QED) is 0.116. The Labute approximate surface area is 201 Å². The molecule has 1 heterocycles. The van der Waals surface area contributed by atoms with Crippen LogP contribution < -0.4 is 9.47 Å². The van der Waals surface area contributed by atoms with E-state index in [0.717, 1.165) is 0 Å². The second-order valence-electron chi connectivity index (χ2n) is 6.52. The van der Waals surface area contributed by atoms with Crippen molar-refractivity contribution in [3.05, 3.63) is 65.9 Å². The van der Waals surface area contributed by atoms with Gasteiger partial charge in [-0.25, -0.2) is 9.79 Å². The number of nitro benzene ring substituents is 1. The van der Waals surface area contributed by atoms with Crippen LogP contribution in [0.5, 0.6) is 11.5 Å². The van der Waals surface area contributed by atoms with Gasteiger partial charge < -0.3 is 14.2 Å². The molecule has 0 amide bonds. The first kappa shape index (κ1) is 23.7. The molecule has 0 saturated heterocycles. The predicted octanol–water partition coefficient (Wildman–Crippen LogP) is 4.91. The lowest BCUT2D eigenvalue weighted by atomic mass is 10.1. The third-order valence-electron chi connectivity index (χ3n) is 4.24. The Morgan fingerprint density at radius 2 is 2.09 bits per heavy atom. The number of esters is 2. The fourth-order valence-corrected chi connectivity index (χ4v) is 3.69. The molecular weight excluding hydrogens is 555 g/mol. The fraction of sp³-hybridized carbons (Fsp3) is 0.190. The van der Waals surface area contributed by atoms with Gasteiger partial charge in [-0.2, -0.15) is 0 Å². The summed E-state index contributed by atoms with van der Waals surface area (Å²) in [6, 6.07) is 7.27. The minimum atomic E-state index is -0.718. The number of methoxy groups -OCH3 is 1. The SMILES string of the molecule is CCCC(=O)Oc1c(I)cc(/C=C2\N=C(c3ccc(Cl)c([N+](=O)[O-])c3)OC2=O)cc1OC. The van der Waals surface area contributed by atoms with Crippen molar-refractivity contribution in [1.82, 2.24) is 0 Å². The topological polar surface area (TPSA) is 117 Å². The zero-order valence-corrected chi connectivity index (χ0v) is 19.8. The van der Waals surface area contributed by atoms with E-state index in [0.29, 0.717) is 27.1 Å². The number of nitrogens with zero attached hydrogens (tertiary/aromatic N) is 2. The first-order chi connectivity index (χ1) is 15.2. The Kier molecular flexibility index (Phi) is 7.46. The molecule has 1 aliphatic rings. The molecule has 2 aromatic rings. The van der Waals surface area contributed by atoms with Crippen LogP contribution in [0.4, 0.5) is 5.69 Å². The molecule has 3 rings (SSSR count). The molecule has 0 aliphatic carbocycles. The Balaban J connectivity index is 1.94. The maximum absolute atomic E-state index is 12.3. The number of hydrogen-bond donors (Lipinski definition) is 0. The van der Waals surface area contributed by atoms with Crippen molar-refractivity contribution in [1.29, 1.82) is 0 Å². The molecule has 0 aromatic heterocycles. The number of benzene rings is 2. The van der Waals surface area contributed by atoms with E-state index in [1.165, 1.54) is 31.4 Å². The first-order valence-corrected chi connectivity index (χ1v) is 10.7. The van der Waals surface area contributed by atoms with Crippen molar-refractivity contribution in [2.45, 2.75) is 19.8 Å². The summed E-state index contributed by atoms with van der Waals surface area (Å²) in [5.74, 6) is -0.559. The number of rotatable bonds is 7. The predicted molar refractivity (Wildman–Crippen MR) is 125 cm³/mol. The Hall–Kier alpha value is -2.99. The molecule has 0 unspecified atom stereocenters. The molecule has 11 heteroatoms. The number of carbonyl (C=O) groups excluding carboxylic acids is 2. The Morgan fingerprint density at radius 1 is 1.34 bits per heavy atom. The second-order valence-corrected chi connectivity index (χ2v) is 8.09. The Bertz CT molecular complexity index is 1180. The highest BCUT2D eigenvalue weighted by Crippen LogP contribution is 2.35. The van der Waals surface area contributed by atoms with Gasteiger partial charge in [0, 0.05) is 18.1 Å². The highest BCUT2D eigenvalue weighted by Gasteiger charge is 2.26. The van der Waals surface area contributed by atoms with Crippen molar-refractivity contribution in [2.24, 2.45) is 4.99 Å². The number of halogens is 2. The number of nitro groups is 1. The van der Waals surface area contributed by atoms with Gasteiger partial charge in [0.25, 0.3) is 5.69 Å². The number of aliphatic imine (C=N–C) groups is 1. The molecule has 9 nitrogen and oxygen atoms in total. The highest BCUT2D eigenvalue weighted by molar-refractivity contribution is 14.1. The summed E-state index contributed by atoms with van der Waals surface area (Å²) in [6.45, 7) is 1.87. The zero-order chi connectivity index (χ0) is 23.4. The van der Waals surface area contributed by atoms with Gasteiger partial charge >= 0.3 is 11.9 Å². The number of ether oxygens (including phenoxy) is 3.